The number of hydrogen-bond acceptors (Lipinski definition) is 3. The third kappa shape index (κ3) is 7.50. The van der Waals surface area contributed by atoms with E-state index < -0.39 is 0 Å². The number of benzene rings is 1. The van der Waals surface area contributed by atoms with Crippen molar-refractivity contribution in [1.29, 1.82) is 0 Å². The smallest absolute Gasteiger partial charge is 0.223 e. The number of guanidine groups is 1. The highest BCUT2D eigenvalue weighted by molar-refractivity contribution is 5.80. The molecule has 1 aromatic rings. The second-order valence-corrected chi connectivity index (χ2v) is 7.41. The largest absolute Gasteiger partial charge is 0.356 e. The van der Waals surface area contributed by atoms with E-state index in [1.807, 2.05) is 11.0 Å². The van der Waals surface area contributed by atoms with Crippen LogP contribution in [0.1, 0.15) is 32.3 Å². The standard InChI is InChI=1S/C22H37N5O/c1-4-26(5-2)14-9-13-24-22(23-3)25-17-20-16-21(28)27(18-20)15-12-19-10-7-6-8-11-19/h6-8,10-11,20H,4-5,9,12-18H2,1-3H3,(H2,23,24,25). The molecular weight excluding hydrogens is 350 g/mol. The highest BCUT2D eigenvalue weighted by Crippen LogP contribution is 2.17. The van der Waals surface area contributed by atoms with Gasteiger partial charge >= 0.3 is 0 Å². The fourth-order valence-corrected chi connectivity index (χ4v) is 3.63. The molecule has 1 atom stereocenters. The fourth-order valence-electron chi connectivity index (χ4n) is 3.63. The molecule has 0 aromatic heterocycles. The molecule has 1 aliphatic heterocycles. The van der Waals surface area contributed by atoms with Crippen molar-refractivity contribution < 1.29 is 4.79 Å². The van der Waals surface area contributed by atoms with Crippen molar-refractivity contribution in [2.24, 2.45) is 10.9 Å². The van der Waals surface area contributed by atoms with E-state index in [4.69, 9.17) is 0 Å². The summed E-state index contributed by atoms with van der Waals surface area (Å²) in [4.78, 5) is 21.0. The zero-order chi connectivity index (χ0) is 20.2. The Kier molecular flexibility index (Phi) is 9.83. The summed E-state index contributed by atoms with van der Waals surface area (Å²) in [6.07, 6.45) is 2.64. The van der Waals surface area contributed by atoms with E-state index in [-0.39, 0.29) is 5.91 Å². The van der Waals surface area contributed by atoms with Crippen LogP contribution in [0.3, 0.4) is 0 Å². The number of hydrogen-bond donors (Lipinski definition) is 2. The molecule has 6 nitrogen and oxygen atoms in total. The van der Waals surface area contributed by atoms with Gasteiger partial charge in [-0.05, 0) is 38.0 Å². The molecule has 6 heteroatoms. The van der Waals surface area contributed by atoms with Crippen LogP contribution in [0.15, 0.2) is 35.3 Å². The monoisotopic (exact) mass is 387 g/mol. The maximum absolute atomic E-state index is 12.3. The third-order valence-electron chi connectivity index (χ3n) is 5.43. The number of nitrogens with one attached hydrogen (secondary N) is 2. The Bertz CT molecular complexity index is 600. The summed E-state index contributed by atoms with van der Waals surface area (Å²) in [5.74, 6) is 1.44. The van der Waals surface area contributed by atoms with Gasteiger partial charge in [0.2, 0.25) is 5.91 Å². The van der Waals surface area contributed by atoms with Gasteiger partial charge in [-0.1, -0.05) is 44.2 Å². The van der Waals surface area contributed by atoms with Gasteiger partial charge in [0.1, 0.15) is 0 Å². The van der Waals surface area contributed by atoms with E-state index >= 15 is 0 Å². The normalized spacial score (nSPS) is 17.4. The minimum absolute atomic E-state index is 0.268. The zero-order valence-corrected chi connectivity index (χ0v) is 17.8. The second kappa shape index (κ2) is 12.4. The van der Waals surface area contributed by atoms with Crippen molar-refractivity contribution in [2.45, 2.75) is 33.1 Å². The molecule has 1 unspecified atom stereocenters. The lowest BCUT2D eigenvalue weighted by atomic mass is 10.1. The number of nitrogens with zero attached hydrogens (tertiary/aromatic N) is 3. The van der Waals surface area contributed by atoms with Crippen molar-refractivity contribution >= 4 is 11.9 Å². The average molecular weight is 388 g/mol. The molecule has 1 fully saturated rings. The Labute approximate surface area is 170 Å². The van der Waals surface area contributed by atoms with Crippen molar-refractivity contribution in [3.05, 3.63) is 35.9 Å². The first-order valence-corrected chi connectivity index (χ1v) is 10.6. The lowest BCUT2D eigenvalue weighted by Crippen LogP contribution is -2.41. The molecule has 2 N–H and O–H groups in total. The fraction of sp³-hybridized carbons (Fsp3) is 0.636. The molecular formula is C22H37N5O. The van der Waals surface area contributed by atoms with E-state index in [0.717, 1.165) is 64.6 Å². The maximum atomic E-state index is 12.3. The first-order valence-electron chi connectivity index (χ1n) is 10.6. The predicted octanol–water partition coefficient (Wildman–Crippen LogP) is 1.97. The van der Waals surface area contributed by atoms with Crippen LogP contribution in [-0.2, 0) is 11.2 Å². The van der Waals surface area contributed by atoms with Gasteiger partial charge in [0.05, 0.1) is 0 Å². The van der Waals surface area contributed by atoms with Crippen molar-refractivity contribution in [3.8, 4) is 0 Å². The Morgan fingerprint density at radius 1 is 1.21 bits per heavy atom. The van der Waals surface area contributed by atoms with Crippen molar-refractivity contribution in [3.63, 3.8) is 0 Å². The molecule has 1 aliphatic rings. The highest BCUT2D eigenvalue weighted by Gasteiger charge is 2.29. The minimum atomic E-state index is 0.268. The Morgan fingerprint density at radius 3 is 2.64 bits per heavy atom. The maximum Gasteiger partial charge on any atom is 0.223 e. The van der Waals surface area contributed by atoms with Gasteiger partial charge in [0, 0.05) is 45.6 Å². The minimum Gasteiger partial charge on any atom is -0.356 e. The van der Waals surface area contributed by atoms with Crippen LogP contribution in [-0.4, -0.2) is 74.5 Å². The van der Waals surface area contributed by atoms with E-state index in [0.29, 0.717) is 12.3 Å². The predicted molar refractivity (Wildman–Crippen MR) is 117 cm³/mol. The average Bonchev–Trinajstić information content (AvgIpc) is 3.09. The molecule has 0 spiro atoms. The van der Waals surface area contributed by atoms with E-state index in [2.05, 4.69) is 58.6 Å². The molecule has 0 bridgehead atoms. The first-order chi connectivity index (χ1) is 13.7. The Morgan fingerprint density at radius 2 is 1.96 bits per heavy atom. The van der Waals surface area contributed by atoms with Gasteiger partial charge in [0.25, 0.3) is 0 Å². The number of amides is 1. The number of carbonyl (C=O) groups excluding carboxylic acids is 1. The second-order valence-electron chi connectivity index (χ2n) is 7.41. The summed E-state index contributed by atoms with van der Waals surface area (Å²) in [5.41, 5.74) is 1.28. The van der Waals surface area contributed by atoms with Gasteiger partial charge in [0.15, 0.2) is 5.96 Å². The van der Waals surface area contributed by atoms with Gasteiger partial charge in [-0.25, -0.2) is 0 Å². The molecule has 1 saturated heterocycles. The molecule has 1 heterocycles. The molecule has 28 heavy (non-hydrogen) atoms. The van der Waals surface area contributed by atoms with Crippen LogP contribution in [0.4, 0.5) is 0 Å². The number of aliphatic imine (C=N–C) groups is 1. The summed E-state index contributed by atoms with van der Waals surface area (Å²) in [5, 5.41) is 6.77. The molecule has 156 valence electrons. The summed E-state index contributed by atoms with van der Waals surface area (Å²) >= 11 is 0. The lowest BCUT2D eigenvalue weighted by molar-refractivity contribution is -0.127. The number of rotatable bonds is 11. The quantitative estimate of drug-likeness (QED) is 0.346. The molecule has 0 aliphatic carbocycles. The van der Waals surface area contributed by atoms with E-state index in [9.17, 15) is 4.79 Å². The number of carbonyl (C=O) groups is 1. The summed E-state index contributed by atoms with van der Waals surface area (Å²) in [6, 6.07) is 10.4. The van der Waals surface area contributed by atoms with Gasteiger partial charge in [-0.15, -0.1) is 0 Å². The highest BCUT2D eigenvalue weighted by atomic mass is 16.2. The molecule has 1 amide bonds. The Hall–Kier alpha value is -2.08. The lowest BCUT2D eigenvalue weighted by Gasteiger charge is -2.19. The van der Waals surface area contributed by atoms with E-state index in [1.165, 1.54) is 5.56 Å². The van der Waals surface area contributed by atoms with Crippen LogP contribution in [0.5, 0.6) is 0 Å². The van der Waals surface area contributed by atoms with Crippen LogP contribution >= 0.6 is 0 Å². The summed E-state index contributed by atoms with van der Waals surface area (Å²) in [7, 11) is 1.80. The Balaban J connectivity index is 1.65. The van der Waals surface area contributed by atoms with E-state index in [1.54, 1.807) is 7.05 Å². The molecule has 2 rings (SSSR count). The van der Waals surface area contributed by atoms with Crippen LogP contribution in [0.25, 0.3) is 0 Å². The molecule has 0 saturated carbocycles. The third-order valence-corrected chi connectivity index (χ3v) is 5.43. The zero-order valence-electron chi connectivity index (χ0n) is 17.8. The summed E-state index contributed by atoms with van der Waals surface area (Å²) in [6.45, 7) is 11.0. The summed E-state index contributed by atoms with van der Waals surface area (Å²) < 4.78 is 0. The van der Waals surface area contributed by atoms with Crippen LogP contribution in [0.2, 0.25) is 0 Å². The van der Waals surface area contributed by atoms with Crippen LogP contribution < -0.4 is 10.6 Å². The SMILES string of the molecule is CCN(CC)CCCNC(=NC)NCC1CC(=O)N(CCc2ccccc2)C1. The van der Waals surface area contributed by atoms with Crippen LogP contribution in [0, 0.1) is 5.92 Å². The van der Waals surface area contributed by atoms with Gasteiger partial charge < -0.3 is 20.4 Å². The van der Waals surface area contributed by atoms with Crippen molar-refractivity contribution in [1.82, 2.24) is 20.4 Å². The van der Waals surface area contributed by atoms with Gasteiger partial charge in [-0.3, -0.25) is 9.79 Å². The first kappa shape index (κ1) is 22.2. The number of likely N-dealkylation sites (tertiary alicyclic amines) is 1. The molecule has 0 radical (unpaired) electrons. The van der Waals surface area contributed by atoms with Crippen molar-refractivity contribution in [2.75, 3.05) is 52.9 Å². The van der Waals surface area contributed by atoms with Gasteiger partial charge in [-0.2, -0.15) is 0 Å². The topological polar surface area (TPSA) is 60.0 Å². The molecule has 1 aromatic carbocycles.